The number of carbonyl (C=O) groups is 1. The number of carbonyl (C=O) groups excluding carboxylic acids is 1. The minimum atomic E-state index is -0.0220. The molecule has 1 amide bonds. The van der Waals surface area contributed by atoms with Crippen molar-refractivity contribution in [2.75, 3.05) is 29.5 Å². The molecule has 0 unspecified atom stereocenters. The van der Waals surface area contributed by atoms with Crippen LogP contribution >= 0.6 is 11.6 Å². The zero-order valence-corrected chi connectivity index (χ0v) is 15.3. The molecule has 2 aliphatic rings. The van der Waals surface area contributed by atoms with Gasteiger partial charge in [0.1, 0.15) is 0 Å². The highest BCUT2D eigenvalue weighted by Gasteiger charge is 2.29. The smallest absolute Gasteiger partial charge is 0.226 e. The summed E-state index contributed by atoms with van der Waals surface area (Å²) in [5, 5.41) is 18.5. The monoisotopic (exact) mass is 368 g/mol. The van der Waals surface area contributed by atoms with Crippen LogP contribution in [0.4, 0.5) is 17.1 Å². The second-order valence-corrected chi connectivity index (χ2v) is 7.24. The molecule has 0 bridgehead atoms. The molecule has 4 rings (SSSR count). The van der Waals surface area contributed by atoms with Crippen molar-refractivity contribution in [3.05, 3.63) is 40.9 Å². The molecular weight excluding hydrogens is 348 g/mol. The Morgan fingerprint density at radius 1 is 1.27 bits per heavy atom. The molecule has 1 heterocycles. The molecule has 0 spiro atoms. The molecule has 1 aliphatic carbocycles. The summed E-state index contributed by atoms with van der Waals surface area (Å²) in [6.07, 6.45) is 2.60. The van der Waals surface area contributed by atoms with E-state index in [1.807, 2.05) is 31.3 Å². The van der Waals surface area contributed by atoms with Gasteiger partial charge in [-0.25, -0.2) is 0 Å². The van der Waals surface area contributed by atoms with Crippen LogP contribution in [-0.2, 0) is 4.79 Å². The number of fused-ring (bicyclic) bond motifs is 1. The Morgan fingerprint density at radius 2 is 2.08 bits per heavy atom. The second-order valence-electron chi connectivity index (χ2n) is 6.80. The molecule has 1 saturated carbocycles. The van der Waals surface area contributed by atoms with E-state index >= 15 is 0 Å². The Balaban J connectivity index is 1.84. The first-order chi connectivity index (χ1) is 12.6. The molecule has 5 nitrogen and oxygen atoms in total. The van der Waals surface area contributed by atoms with E-state index in [1.54, 1.807) is 6.07 Å². The lowest BCUT2D eigenvalue weighted by Gasteiger charge is -2.17. The van der Waals surface area contributed by atoms with E-state index in [1.165, 1.54) is 0 Å². The molecule has 0 atom stereocenters. The molecular formula is C20H21ClN4O. The van der Waals surface area contributed by atoms with Crippen LogP contribution in [0.5, 0.6) is 0 Å². The first-order valence-electron chi connectivity index (χ1n) is 8.85. The zero-order chi connectivity index (χ0) is 18.3. The van der Waals surface area contributed by atoms with Crippen molar-refractivity contribution in [1.82, 2.24) is 0 Å². The Labute approximate surface area is 157 Å². The number of hydrogen-bond acceptors (Lipinski definition) is 4. The Bertz CT molecular complexity index is 905. The van der Waals surface area contributed by atoms with E-state index in [4.69, 9.17) is 17.0 Å². The molecule has 4 N–H and O–H groups in total. The molecule has 0 saturated heterocycles. The highest BCUT2D eigenvalue weighted by Crippen LogP contribution is 2.41. The van der Waals surface area contributed by atoms with Crippen molar-refractivity contribution in [3.63, 3.8) is 0 Å². The van der Waals surface area contributed by atoms with Crippen LogP contribution in [-0.4, -0.2) is 25.2 Å². The average molecular weight is 369 g/mol. The SMILES string of the molecule is CNc1ccc(-c2cc(Cl)cc3c2NCCC(=O)N3)cc1C(=N)C1CC1. The lowest BCUT2D eigenvalue weighted by atomic mass is 9.96. The summed E-state index contributed by atoms with van der Waals surface area (Å²) < 4.78 is 0. The van der Waals surface area contributed by atoms with Gasteiger partial charge in [-0.05, 0) is 42.7 Å². The summed E-state index contributed by atoms with van der Waals surface area (Å²) >= 11 is 6.32. The number of halogens is 1. The third kappa shape index (κ3) is 3.15. The first kappa shape index (κ1) is 16.9. The fraction of sp³-hybridized carbons (Fsp3) is 0.300. The summed E-state index contributed by atoms with van der Waals surface area (Å²) in [5.74, 6) is 0.345. The lowest BCUT2D eigenvalue weighted by Crippen LogP contribution is -2.10. The third-order valence-corrected chi connectivity index (χ3v) is 5.12. The van der Waals surface area contributed by atoms with Crippen molar-refractivity contribution in [2.24, 2.45) is 5.92 Å². The number of benzene rings is 2. The van der Waals surface area contributed by atoms with Gasteiger partial charge in [0.15, 0.2) is 0 Å². The molecule has 134 valence electrons. The summed E-state index contributed by atoms with van der Waals surface area (Å²) in [5.41, 5.74) is 6.06. The fourth-order valence-corrected chi connectivity index (χ4v) is 3.60. The van der Waals surface area contributed by atoms with E-state index in [9.17, 15) is 4.79 Å². The predicted octanol–water partition coefficient (Wildman–Crippen LogP) is 4.58. The van der Waals surface area contributed by atoms with Crippen LogP contribution in [0.15, 0.2) is 30.3 Å². The molecule has 2 aromatic carbocycles. The number of rotatable bonds is 4. The van der Waals surface area contributed by atoms with Gasteiger partial charge in [-0.1, -0.05) is 17.7 Å². The number of nitrogens with one attached hydrogen (secondary N) is 4. The van der Waals surface area contributed by atoms with Gasteiger partial charge in [0.05, 0.1) is 11.4 Å². The van der Waals surface area contributed by atoms with Crippen LogP contribution in [0.25, 0.3) is 11.1 Å². The molecule has 0 radical (unpaired) electrons. The van der Waals surface area contributed by atoms with Crippen LogP contribution in [0.1, 0.15) is 24.8 Å². The van der Waals surface area contributed by atoms with Crippen LogP contribution < -0.4 is 16.0 Å². The number of amides is 1. The molecule has 0 aromatic heterocycles. The van der Waals surface area contributed by atoms with E-state index in [2.05, 4.69) is 16.0 Å². The largest absolute Gasteiger partial charge is 0.388 e. The van der Waals surface area contributed by atoms with Gasteiger partial charge in [-0.3, -0.25) is 4.79 Å². The topological polar surface area (TPSA) is 77.0 Å². The van der Waals surface area contributed by atoms with Crippen molar-refractivity contribution in [2.45, 2.75) is 19.3 Å². The average Bonchev–Trinajstić information content (AvgIpc) is 3.47. The standard InChI is InChI=1S/C20H21ClN4O/c1-23-16-5-4-12(8-15(16)19(22)11-2-3-11)14-9-13(21)10-17-20(14)24-7-6-18(26)25-17/h4-5,8-11,22-24H,2-3,6-7H2,1H3,(H,25,26). The van der Waals surface area contributed by atoms with Gasteiger partial charge in [0, 0.05) is 53.5 Å². The quantitative estimate of drug-likeness (QED) is 0.596. The zero-order valence-electron chi connectivity index (χ0n) is 14.6. The van der Waals surface area contributed by atoms with Gasteiger partial charge in [-0.15, -0.1) is 0 Å². The third-order valence-electron chi connectivity index (χ3n) is 4.91. The lowest BCUT2D eigenvalue weighted by molar-refractivity contribution is -0.115. The summed E-state index contributed by atoms with van der Waals surface area (Å²) in [4.78, 5) is 11.9. The molecule has 6 heteroatoms. The van der Waals surface area contributed by atoms with Crippen LogP contribution in [0.3, 0.4) is 0 Å². The normalized spacial score (nSPS) is 16.2. The van der Waals surface area contributed by atoms with Crippen LogP contribution in [0.2, 0.25) is 5.02 Å². The number of hydrogen-bond donors (Lipinski definition) is 4. The Morgan fingerprint density at radius 3 is 2.81 bits per heavy atom. The highest BCUT2D eigenvalue weighted by atomic mass is 35.5. The number of anilines is 3. The van der Waals surface area contributed by atoms with Gasteiger partial charge in [-0.2, -0.15) is 0 Å². The highest BCUT2D eigenvalue weighted by molar-refractivity contribution is 6.31. The Hall–Kier alpha value is -2.53. The minimum Gasteiger partial charge on any atom is -0.388 e. The van der Waals surface area contributed by atoms with E-state index in [-0.39, 0.29) is 5.91 Å². The van der Waals surface area contributed by atoms with Crippen molar-refractivity contribution in [1.29, 1.82) is 5.41 Å². The van der Waals surface area contributed by atoms with Crippen molar-refractivity contribution < 1.29 is 4.79 Å². The van der Waals surface area contributed by atoms with E-state index < -0.39 is 0 Å². The van der Waals surface area contributed by atoms with E-state index in [0.29, 0.717) is 35.3 Å². The maximum Gasteiger partial charge on any atom is 0.226 e. The van der Waals surface area contributed by atoms with Crippen molar-refractivity contribution in [3.8, 4) is 11.1 Å². The minimum absolute atomic E-state index is 0.0220. The summed E-state index contributed by atoms with van der Waals surface area (Å²) in [6.45, 7) is 0.576. The molecule has 1 aliphatic heterocycles. The predicted molar refractivity (Wildman–Crippen MR) is 108 cm³/mol. The van der Waals surface area contributed by atoms with Gasteiger partial charge < -0.3 is 21.4 Å². The Kier molecular flexibility index (Phi) is 4.32. The van der Waals surface area contributed by atoms with E-state index in [0.717, 1.165) is 40.9 Å². The summed E-state index contributed by atoms with van der Waals surface area (Å²) in [6, 6.07) is 9.75. The van der Waals surface area contributed by atoms with Crippen molar-refractivity contribution >= 4 is 40.3 Å². The second kappa shape index (κ2) is 6.65. The molecule has 1 fully saturated rings. The maximum atomic E-state index is 11.9. The van der Waals surface area contributed by atoms with Gasteiger partial charge in [0.25, 0.3) is 0 Å². The fourth-order valence-electron chi connectivity index (χ4n) is 3.38. The van der Waals surface area contributed by atoms with Crippen LogP contribution in [0, 0.1) is 11.3 Å². The van der Waals surface area contributed by atoms with Gasteiger partial charge in [0.2, 0.25) is 5.91 Å². The molecule has 26 heavy (non-hydrogen) atoms. The maximum absolute atomic E-state index is 11.9. The first-order valence-corrected chi connectivity index (χ1v) is 9.23. The molecule has 2 aromatic rings. The van der Waals surface area contributed by atoms with Gasteiger partial charge >= 0.3 is 0 Å². The summed E-state index contributed by atoms with van der Waals surface area (Å²) in [7, 11) is 1.88.